The van der Waals surface area contributed by atoms with Crippen molar-refractivity contribution in [3.8, 4) is 0 Å². The average molecular weight is 165 g/mol. The van der Waals surface area contributed by atoms with Crippen molar-refractivity contribution >= 4 is 11.9 Å². The van der Waals surface area contributed by atoms with Gasteiger partial charge in [-0.05, 0) is 31.0 Å². The molecule has 1 aromatic carbocycles. The topological polar surface area (TPSA) is 12.0 Å². The van der Waals surface area contributed by atoms with Gasteiger partial charge in [-0.1, -0.05) is 24.8 Å². The van der Waals surface area contributed by atoms with Crippen LogP contribution in [-0.4, -0.2) is 0 Å². The second-order valence-electron chi connectivity index (χ2n) is 2.30. The van der Waals surface area contributed by atoms with Crippen molar-refractivity contribution < 1.29 is 0 Å². The molecule has 1 rings (SSSR count). The first-order valence-corrected chi connectivity index (χ1v) is 4.24. The van der Waals surface area contributed by atoms with E-state index in [2.05, 4.69) is 23.4 Å². The molecule has 0 unspecified atom stereocenters. The number of allylic oxidation sites excluding steroid dienone is 1. The Morgan fingerprint density at radius 3 is 2.55 bits per heavy atom. The third-order valence-electron chi connectivity index (χ3n) is 1.09. The Labute approximate surface area is 71.6 Å². The van der Waals surface area contributed by atoms with E-state index < -0.39 is 0 Å². The molecule has 0 aromatic heterocycles. The molecule has 1 N–H and O–H groups in total. The normalized spacial score (nSPS) is 9.18. The van der Waals surface area contributed by atoms with E-state index in [1.54, 1.807) is 11.9 Å². The molecule has 0 saturated carbocycles. The minimum atomic E-state index is 0.971. The smallest absolute Gasteiger partial charge is 0.0284 e. The molecule has 0 radical (unpaired) electrons. The number of rotatable bonds is 3. The van der Waals surface area contributed by atoms with Crippen molar-refractivity contribution in [3.05, 3.63) is 42.6 Å². The van der Waals surface area contributed by atoms with Crippen molar-refractivity contribution in [2.24, 2.45) is 0 Å². The summed E-state index contributed by atoms with van der Waals surface area (Å²) < 4.78 is 3.08. The van der Waals surface area contributed by atoms with Gasteiger partial charge in [0.1, 0.15) is 0 Å². The van der Waals surface area contributed by atoms with Crippen LogP contribution in [0.15, 0.2) is 47.5 Å². The fourth-order valence-corrected chi connectivity index (χ4v) is 1.22. The standard InChI is InChI=1S/C9H11NS/c1-8(2)10-11-9-6-4-3-5-7-9/h3-7,10H,1H2,2H3. The first-order chi connectivity index (χ1) is 5.29. The molecule has 0 amide bonds. The van der Waals surface area contributed by atoms with Crippen LogP contribution in [0.25, 0.3) is 0 Å². The highest BCUT2D eigenvalue weighted by Gasteiger charge is 1.89. The molecule has 0 aliphatic heterocycles. The summed E-state index contributed by atoms with van der Waals surface area (Å²) in [6.45, 7) is 5.68. The van der Waals surface area contributed by atoms with E-state index in [4.69, 9.17) is 0 Å². The van der Waals surface area contributed by atoms with Crippen LogP contribution in [-0.2, 0) is 0 Å². The van der Waals surface area contributed by atoms with E-state index in [0.717, 1.165) is 5.70 Å². The van der Waals surface area contributed by atoms with Gasteiger partial charge in [0, 0.05) is 10.6 Å². The highest BCUT2D eigenvalue weighted by molar-refractivity contribution is 7.97. The summed E-state index contributed by atoms with van der Waals surface area (Å²) in [5.41, 5.74) is 0.971. The molecule has 0 atom stereocenters. The Morgan fingerprint density at radius 1 is 1.36 bits per heavy atom. The van der Waals surface area contributed by atoms with E-state index in [0.29, 0.717) is 0 Å². The van der Waals surface area contributed by atoms with Gasteiger partial charge in [-0.2, -0.15) is 0 Å². The van der Waals surface area contributed by atoms with E-state index in [-0.39, 0.29) is 0 Å². The molecule has 0 saturated heterocycles. The van der Waals surface area contributed by atoms with Gasteiger partial charge in [0.2, 0.25) is 0 Å². The van der Waals surface area contributed by atoms with E-state index >= 15 is 0 Å². The summed E-state index contributed by atoms with van der Waals surface area (Å²) in [7, 11) is 0. The van der Waals surface area contributed by atoms with Crippen molar-refractivity contribution in [3.63, 3.8) is 0 Å². The lowest BCUT2D eigenvalue weighted by molar-refractivity contribution is 1.21. The van der Waals surface area contributed by atoms with Crippen LogP contribution in [0.2, 0.25) is 0 Å². The van der Waals surface area contributed by atoms with Gasteiger partial charge in [-0.15, -0.1) is 0 Å². The van der Waals surface area contributed by atoms with Crippen LogP contribution < -0.4 is 4.72 Å². The summed E-state index contributed by atoms with van der Waals surface area (Å²) in [5.74, 6) is 0. The van der Waals surface area contributed by atoms with Gasteiger partial charge in [-0.25, -0.2) is 0 Å². The summed E-state index contributed by atoms with van der Waals surface area (Å²) in [5, 5.41) is 0. The number of hydrogen-bond acceptors (Lipinski definition) is 2. The summed E-state index contributed by atoms with van der Waals surface area (Å²) in [6, 6.07) is 10.1. The Balaban J connectivity index is 2.45. The zero-order valence-electron chi connectivity index (χ0n) is 6.50. The largest absolute Gasteiger partial charge is 0.330 e. The summed E-state index contributed by atoms with van der Waals surface area (Å²) >= 11 is 1.58. The number of nitrogens with one attached hydrogen (secondary N) is 1. The highest BCUT2D eigenvalue weighted by Crippen LogP contribution is 2.13. The van der Waals surface area contributed by atoms with Gasteiger partial charge in [0.25, 0.3) is 0 Å². The molecule has 1 aromatic rings. The first-order valence-electron chi connectivity index (χ1n) is 3.42. The molecule has 0 fully saturated rings. The maximum absolute atomic E-state index is 3.74. The molecule has 11 heavy (non-hydrogen) atoms. The highest BCUT2D eigenvalue weighted by atomic mass is 32.2. The Morgan fingerprint density at radius 2 is 2.00 bits per heavy atom. The lowest BCUT2D eigenvalue weighted by atomic mass is 10.4. The lowest BCUT2D eigenvalue weighted by Gasteiger charge is -2.02. The molecule has 58 valence electrons. The molecule has 0 aliphatic rings. The van der Waals surface area contributed by atoms with Crippen LogP contribution in [0.3, 0.4) is 0 Å². The fourth-order valence-electron chi connectivity index (χ4n) is 0.635. The molecule has 0 heterocycles. The van der Waals surface area contributed by atoms with Crippen molar-refractivity contribution in [1.29, 1.82) is 0 Å². The molecule has 2 heteroatoms. The van der Waals surface area contributed by atoms with Gasteiger partial charge in [0.15, 0.2) is 0 Å². The Bertz CT molecular complexity index is 231. The van der Waals surface area contributed by atoms with Crippen LogP contribution in [0, 0.1) is 0 Å². The van der Waals surface area contributed by atoms with Gasteiger partial charge in [0.05, 0.1) is 0 Å². The van der Waals surface area contributed by atoms with Crippen molar-refractivity contribution in [2.45, 2.75) is 11.8 Å². The van der Waals surface area contributed by atoms with E-state index in [1.165, 1.54) is 4.90 Å². The average Bonchev–Trinajstić information content (AvgIpc) is 2.03. The molecular weight excluding hydrogens is 154 g/mol. The van der Waals surface area contributed by atoms with Crippen molar-refractivity contribution in [2.75, 3.05) is 0 Å². The van der Waals surface area contributed by atoms with Crippen LogP contribution in [0.5, 0.6) is 0 Å². The third kappa shape index (κ3) is 3.14. The Kier molecular flexibility index (Phi) is 3.05. The quantitative estimate of drug-likeness (QED) is 0.691. The van der Waals surface area contributed by atoms with Crippen LogP contribution in [0.4, 0.5) is 0 Å². The number of benzene rings is 1. The predicted octanol–water partition coefficient (Wildman–Crippen LogP) is 2.82. The van der Waals surface area contributed by atoms with Crippen molar-refractivity contribution in [1.82, 2.24) is 4.72 Å². The molecule has 1 nitrogen and oxygen atoms in total. The molecule has 0 spiro atoms. The maximum atomic E-state index is 3.74. The van der Waals surface area contributed by atoms with Crippen LogP contribution >= 0.6 is 11.9 Å². The van der Waals surface area contributed by atoms with Gasteiger partial charge in [-0.3, -0.25) is 0 Å². The number of hydrogen-bond donors (Lipinski definition) is 1. The second-order valence-corrected chi connectivity index (χ2v) is 3.18. The van der Waals surface area contributed by atoms with E-state index in [9.17, 15) is 0 Å². The molecule has 0 bridgehead atoms. The minimum Gasteiger partial charge on any atom is -0.330 e. The molecule has 0 aliphatic carbocycles. The summed E-state index contributed by atoms with van der Waals surface area (Å²) in [6.07, 6.45) is 0. The lowest BCUT2D eigenvalue weighted by Crippen LogP contribution is -1.96. The maximum Gasteiger partial charge on any atom is 0.0284 e. The predicted molar refractivity (Wildman–Crippen MR) is 50.2 cm³/mol. The zero-order chi connectivity index (χ0) is 8.10. The minimum absolute atomic E-state index is 0.971. The van der Waals surface area contributed by atoms with Gasteiger partial charge < -0.3 is 4.72 Å². The van der Waals surface area contributed by atoms with E-state index in [1.807, 2.05) is 25.1 Å². The third-order valence-corrected chi connectivity index (χ3v) is 2.04. The Hall–Kier alpha value is -0.890. The second kappa shape index (κ2) is 4.09. The van der Waals surface area contributed by atoms with Crippen LogP contribution in [0.1, 0.15) is 6.92 Å². The zero-order valence-corrected chi connectivity index (χ0v) is 7.32. The monoisotopic (exact) mass is 165 g/mol. The SMILES string of the molecule is C=C(C)NSc1ccccc1. The fraction of sp³-hybridized carbons (Fsp3) is 0.111. The summed E-state index contributed by atoms with van der Waals surface area (Å²) in [4.78, 5) is 1.20. The van der Waals surface area contributed by atoms with Gasteiger partial charge >= 0.3 is 0 Å². The molecular formula is C9H11NS. The first kappa shape index (κ1) is 8.21.